The van der Waals surface area contributed by atoms with Crippen LogP contribution in [0.1, 0.15) is 13.8 Å². The molecule has 1 rings (SSSR count). The zero-order chi connectivity index (χ0) is 20.4. The lowest BCUT2D eigenvalue weighted by atomic mass is 10.4. The van der Waals surface area contributed by atoms with Gasteiger partial charge in [-0.2, -0.15) is 13.2 Å². The quantitative estimate of drug-likeness (QED) is 0.0918. The fourth-order valence-electron chi connectivity index (χ4n) is 1.18. The second-order valence-corrected chi connectivity index (χ2v) is 11.0. The van der Waals surface area contributed by atoms with Crippen LogP contribution in [0.4, 0.5) is 13.2 Å². The van der Waals surface area contributed by atoms with Gasteiger partial charge in [-0.15, -0.1) is 4.79 Å². The van der Waals surface area contributed by atoms with E-state index in [1.807, 2.05) is 30.3 Å². The first-order valence-corrected chi connectivity index (χ1v) is 11.9. The molecule has 0 aliphatic carbocycles. The van der Waals surface area contributed by atoms with Crippen molar-refractivity contribution in [3.63, 3.8) is 0 Å². The van der Waals surface area contributed by atoms with Gasteiger partial charge in [0.2, 0.25) is 3.57 Å². The molecule has 0 unspecified atom stereocenters. The molecule has 8 nitrogen and oxygen atoms in total. The predicted octanol–water partition coefficient (Wildman–Crippen LogP) is -0.151. The molecule has 0 bridgehead atoms. The lowest BCUT2D eigenvalue weighted by Crippen LogP contribution is -3.64. The Labute approximate surface area is 158 Å². The summed E-state index contributed by atoms with van der Waals surface area (Å²) < 4.78 is 82.8. The van der Waals surface area contributed by atoms with E-state index < -0.39 is 44.4 Å². The third-order valence-corrected chi connectivity index (χ3v) is 8.80. The molecule has 0 radical (unpaired) electrons. The smallest absolute Gasteiger partial charge is 0.602 e. The number of benzene rings is 1. The van der Waals surface area contributed by atoms with Crippen molar-refractivity contribution in [1.29, 1.82) is 0 Å². The molecule has 0 fully saturated rings. The van der Waals surface area contributed by atoms with Crippen LogP contribution >= 0.6 is 7.60 Å². The fraction of sp³-hybridized carbons (Fsp3) is 0.417. The molecule has 0 heterocycles. The van der Waals surface area contributed by atoms with Crippen molar-refractivity contribution in [1.82, 2.24) is 0 Å². The molecule has 0 saturated carbocycles. The SMILES string of the molecule is CCOP(=O)(OCC)C(=[N+]=[N-])[I+]c1ccccc1.O=S(=O)([O-])C(F)(F)F. The minimum absolute atomic E-state index is 0.135. The van der Waals surface area contributed by atoms with Gasteiger partial charge in [0.05, 0.1) is 13.2 Å². The monoisotopic (exact) mass is 530 g/mol. The van der Waals surface area contributed by atoms with Crippen LogP contribution in [-0.4, -0.2) is 39.9 Å². The molecule has 1 aromatic rings. The van der Waals surface area contributed by atoms with E-state index in [9.17, 15) is 17.7 Å². The van der Waals surface area contributed by atoms with Crippen molar-refractivity contribution in [2.75, 3.05) is 13.2 Å². The van der Waals surface area contributed by atoms with Crippen LogP contribution in [0.5, 0.6) is 0 Å². The Morgan fingerprint density at radius 1 is 1.23 bits per heavy atom. The zero-order valence-electron chi connectivity index (χ0n) is 13.5. The summed E-state index contributed by atoms with van der Waals surface area (Å²) in [6.07, 6.45) is 0. The summed E-state index contributed by atoms with van der Waals surface area (Å²) in [6, 6.07) is 9.47. The van der Waals surface area contributed by atoms with Gasteiger partial charge in [0.15, 0.2) is 10.1 Å². The van der Waals surface area contributed by atoms with Crippen molar-refractivity contribution < 1.29 is 65.7 Å². The predicted molar refractivity (Wildman–Crippen MR) is 80.4 cm³/mol. The number of hydrogen-bond acceptors (Lipinski definition) is 6. The summed E-state index contributed by atoms with van der Waals surface area (Å²) in [5.41, 5.74) is 3.41. The van der Waals surface area contributed by atoms with Gasteiger partial charge in [-0.05, 0) is 26.0 Å². The van der Waals surface area contributed by atoms with Gasteiger partial charge in [-0.25, -0.2) is 13.0 Å². The first kappa shape index (κ1) is 25.2. The van der Waals surface area contributed by atoms with E-state index in [4.69, 9.17) is 27.5 Å². The molecule has 0 aliphatic heterocycles. The maximum atomic E-state index is 12.4. The van der Waals surface area contributed by atoms with E-state index in [2.05, 4.69) is 4.79 Å². The molecule has 14 heteroatoms. The number of halogens is 4. The van der Waals surface area contributed by atoms with E-state index in [1.54, 1.807) is 13.8 Å². The summed E-state index contributed by atoms with van der Waals surface area (Å²) in [5, 5.41) is 0. The summed E-state index contributed by atoms with van der Waals surface area (Å²) in [4.78, 5) is 3.15. The highest BCUT2D eigenvalue weighted by Crippen LogP contribution is 2.46. The Morgan fingerprint density at radius 2 is 1.65 bits per heavy atom. The van der Waals surface area contributed by atoms with Crippen molar-refractivity contribution in [3.05, 3.63) is 39.4 Å². The molecule has 0 atom stereocenters. The molecule has 0 N–H and O–H groups in total. The van der Waals surface area contributed by atoms with E-state index in [-0.39, 0.29) is 16.7 Å². The van der Waals surface area contributed by atoms with Crippen molar-refractivity contribution >= 4 is 21.2 Å². The average Bonchev–Trinajstić information content (AvgIpc) is 2.52. The molecule has 1 aromatic carbocycles. The summed E-state index contributed by atoms with van der Waals surface area (Å²) >= 11 is -0.867. The minimum Gasteiger partial charge on any atom is -0.741 e. The van der Waals surface area contributed by atoms with Gasteiger partial charge < -0.3 is 10.1 Å². The van der Waals surface area contributed by atoms with Gasteiger partial charge >= 0.3 is 37.8 Å². The maximum Gasteiger partial charge on any atom is 0.602 e. The molecule has 0 amide bonds. The summed E-state index contributed by atoms with van der Waals surface area (Å²) in [6.45, 7) is 3.94. The van der Waals surface area contributed by atoms with E-state index in [0.29, 0.717) is 0 Å². The topological polar surface area (TPSA) is 129 Å². The lowest BCUT2D eigenvalue weighted by Gasteiger charge is -2.08. The van der Waals surface area contributed by atoms with Crippen LogP contribution in [0.15, 0.2) is 30.3 Å². The Hall–Kier alpha value is -0.820. The molecular weight excluding hydrogens is 515 g/mol. The molecule has 0 aromatic heterocycles. The Morgan fingerprint density at radius 3 is 1.96 bits per heavy atom. The summed E-state index contributed by atoms with van der Waals surface area (Å²) in [7, 11) is -9.54. The molecule has 0 aliphatic rings. The number of rotatable bonds is 7. The third kappa shape index (κ3) is 8.71. The van der Waals surface area contributed by atoms with Crippen LogP contribution in [0.25, 0.3) is 5.53 Å². The second-order valence-electron chi connectivity index (χ2n) is 3.99. The Balaban J connectivity index is 0.000000660. The van der Waals surface area contributed by atoms with Crippen molar-refractivity contribution in [2.45, 2.75) is 19.4 Å². The Bertz CT molecular complexity index is 759. The van der Waals surface area contributed by atoms with E-state index >= 15 is 0 Å². The van der Waals surface area contributed by atoms with Gasteiger partial charge in [0.25, 0.3) is 0 Å². The first-order valence-electron chi connectivity index (χ1n) is 6.75. The Kier molecular flexibility index (Phi) is 10.8. The molecule has 26 heavy (non-hydrogen) atoms. The summed E-state index contributed by atoms with van der Waals surface area (Å²) in [5.74, 6) is 0. The third-order valence-electron chi connectivity index (χ3n) is 2.12. The van der Waals surface area contributed by atoms with Crippen LogP contribution in [0, 0.1) is 3.57 Å². The first-order chi connectivity index (χ1) is 11.9. The van der Waals surface area contributed by atoms with Gasteiger partial charge in [0, 0.05) is 0 Å². The maximum absolute atomic E-state index is 12.4. The van der Waals surface area contributed by atoms with Crippen molar-refractivity contribution in [3.8, 4) is 0 Å². The van der Waals surface area contributed by atoms with Crippen LogP contribution in [0.3, 0.4) is 0 Å². The van der Waals surface area contributed by atoms with Gasteiger partial charge in [0.1, 0.15) is 0 Å². The highest BCUT2D eigenvalue weighted by atomic mass is 127. The standard InChI is InChI=1S/C11H15IN2O3P.CHF3O3S/c1-3-16-18(15,17-4-2)11(14-13)12-10-8-6-5-7-9-10;2-1(3,4)8(5,6)7/h5-9H,3-4H2,1-2H3;(H,5,6,7)/q+1;/p-1. The molecule has 0 spiro atoms. The van der Waals surface area contributed by atoms with Crippen LogP contribution < -0.4 is 21.2 Å². The fourth-order valence-corrected chi connectivity index (χ4v) is 6.18. The molecular formula is C12H15F3IN2O6PS. The van der Waals surface area contributed by atoms with Crippen LogP contribution in [0.2, 0.25) is 0 Å². The van der Waals surface area contributed by atoms with E-state index in [1.165, 1.54) is 0 Å². The van der Waals surface area contributed by atoms with Crippen LogP contribution in [-0.2, 0) is 23.7 Å². The number of nitrogens with zero attached hydrogens (tertiary/aromatic N) is 2. The zero-order valence-corrected chi connectivity index (χ0v) is 17.4. The lowest BCUT2D eigenvalue weighted by molar-refractivity contribution is -0.524. The van der Waals surface area contributed by atoms with E-state index in [0.717, 1.165) is 3.57 Å². The van der Waals surface area contributed by atoms with Crippen molar-refractivity contribution in [2.24, 2.45) is 0 Å². The van der Waals surface area contributed by atoms with Gasteiger partial charge in [-0.3, -0.25) is 9.05 Å². The second kappa shape index (κ2) is 11.1. The number of hydrogen-bond donors (Lipinski definition) is 0. The molecule has 0 saturated heterocycles. The largest absolute Gasteiger partial charge is 0.741 e. The van der Waals surface area contributed by atoms with Gasteiger partial charge in [-0.1, -0.05) is 18.2 Å². The highest BCUT2D eigenvalue weighted by Gasteiger charge is 2.52. The normalized spacial score (nSPS) is 11.9. The molecule has 148 valence electrons. The minimum atomic E-state index is -6.09. The number of alkyl halides is 3. The average molecular weight is 530 g/mol. The highest BCUT2D eigenvalue weighted by molar-refractivity contribution is 7.86.